The summed E-state index contributed by atoms with van der Waals surface area (Å²) in [5, 5.41) is 11.8. The summed E-state index contributed by atoms with van der Waals surface area (Å²) >= 11 is 0. The van der Waals surface area contributed by atoms with Gasteiger partial charge < -0.3 is 9.15 Å². The van der Waals surface area contributed by atoms with Crippen molar-refractivity contribution in [1.29, 1.82) is 0 Å². The van der Waals surface area contributed by atoms with E-state index < -0.39 is 40.6 Å². The number of amides is 2. The average molecular weight is 436 g/mol. The van der Waals surface area contributed by atoms with Crippen molar-refractivity contribution in [3.63, 3.8) is 0 Å². The number of hydrogen-bond acceptors (Lipinski definition) is 8. The van der Waals surface area contributed by atoms with Crippen LogP contribution in [-0.2, 0) is 16.1 Å². The molecule has 0 radical (unpaired) electrons. The Morgan fingerprint density at radius 2 is 1.81 bits per heavy atom. The standard InChI is InChI=1S/C22H16N2O8/c1-11-6-15-13(8-18(25)32-17(15)7-12(11)2)10-31-19(26)9-23-21(27)14-4-3-5-16(24(29)30)20(14)22(23)28/h3-8H,9-10H2,1-2H3. The number of hydrogen-bond donors (Lipinski definition) is 0. The molecule has 2 aromatic carbocycles. The Morgan fingerprint density at radius 1 is 1.09 bits per heavy atom. The van der Waals surface area contributed by atoms with E-state index in [0.29, 0.717) is 21.4 Å². The van der Waals surface area contributed by atoms with Crippen LogP contribution in [0.4, 0.5) is 5.69 Å². The van der Waals surface area contributed by atoms with Gasteiger partial charge in [0, 0.05) is 23.1 Å². The lowest BCUT2D eigenvalue weighted by molar-refractivity contribution is -0.385. The number of ether oxygens (including phenoxy) is 1. The molecular formula is C22H16N2O8. The Hall–Kier alpha value is -4.34. The fraction of sp³-hybridized carbons (Fsp3) is 0.182. The molecule has 0 spiro atoms. The van der Waals surface area contributed by atoms with Gasteiger partial charge in [-0.3, -0.25) is 29.4 Å². The summed E-state index contributed by atoms with van der Waals surface area (Å²) in [6.07, 6.45) is 0. The molecular weight excluding hydrogens is 420 g/mol. The molecule has 0 saturated heterocycles. The van der Waals surface area contributed by atoms with Crippen LogP contribution >= 0.6 is 0 Å². The molecule has 10 heteroatoms. The fourth-order valence-corrected chi connectivity index (χ4v) is 3.55. The molecule has 162 valence electrons. The predicted octanol–water partition coefficient (Wildman–Crippen LogP) is 2.66. The number of benzene rings is 2. The SMILES string of the molecule is Cc1cc2oc(=O)cc(COC(=O)CN3C(=O)c4cccc([N+](=O)[O-])c4C3=O)c2cc1C. The second-order valence-electron chi connectivity index (χ2n) is 7.34. The van der Waals surface area contributed by atoms with E-state index in [1.807, 2.05) is 13.8 Å². The summed E-state index contributed by atoms with van der Waals surface area (Å²) < 4.78 is 10.4. The van der Waals surface area contributed by atoms with Crippen LogP contribution in [0.2, 0.25) is 0 Å². The number of imide groups is 1. The van der Waals surface area contributed by atoms with Gasteiger partial charge in [-0.15, -0.1) is 0 Å². The van der Waals surface area contributed by atoms with Crippen molar-refractivity contribution in [2.45, 2.75) is 20.5 Å². The summed E-state index contributed by atoms with van der Waals surface area (Å²) in [6, 6.07) is 8.41. The van der Waals surface area contributed by atoms with E-state index in [2.05, 4.69) is 0 Å². The van der Waals surface area contributed by atoms with Gasteiger partial charge in [0.25, 0.3) is 17.5 Å². The molecule has 1 aromatic heterocycles. The number of esters is 1. The number of aryl methyl sites for hydroxylation is 2. The lowest BCUT2D eigenvalue weighted by Gasteiger charge is -2.13. The molecule has 3 aromatic rings. The van der Waals surface area contributed by atoms with Crippen LogP contribution in [0.15, 0.2) is 45.6 Å². The zero-order chi connectivity index (χ0) is 23.2. The lowest BCUT2D eigenvalue weighted by atomic mass is 10.0. The zero-order valence-corrected chi connectivity index (χ0v) is 17.0. The van der Waals surface area contributed by atoms with Crippen molar-refractivity contribution in [1.82, 2.24) is 4.90 Å². The fourth-order valence-electron chi connectivity index (χ4n) is 3.55. The number of nitro benzene ring substituents is 1. The van der Waals surface area contributed by atoms with Crippen LogP contribution in [-0.4, -0.2) is 34.2 Å². The minimum atomic E-state index is -0.939. The third-order valence-corrected chi connectivity index (χ3v) is 5.29. The van der Waals surface area contributed by atoms with Gasteiger partial charge >= 0.3 is 11.6 Å². The van der Waals surface area contributed by atoms with E-state index in [1.165, 1.54) is 18.2 Å². The number of carbonyl (C=O) groups is 3. The molecule has 0 unspecified atom stereocenters. The molecule has 0 saturated carbocycles. The van der Waals surface area contributed by atoms with Gasteiger partial charge in [-0.1, -0.05) is 6.07 Å². The Labute approximate surface area is 180 Å². The van der Waals surface area contributed by atoms with Crippen molar-refractivity contribution in [3.8, 4) is 0 Å². The van der Waals surface area contributed by atoms with E-state index in [1.54, 1.807) is 12.1 Å². The van der Waals surface area contributed by atoms with Crippen LogP contribution in [0.3, 0.4) is 0 Å². The smallest absolute Gasteiger partial charge is 0.336 e. The van der Waals surface area contributed by atoms with Gasteiger partial charge in [0.05, 0.1) is 10.5 Å². The zero-order valence-electron chi connectivity index (χ0n) is 17.0. The number of rotatable bonds is 5. The van der Waals surface area contributed by atoms with Gasteiger partial charge in [-0.2, -0.15) is 0 Å². The third-order valence-electron chi connectivity index (χ3n) is 5.29. The van der Waals surface area contributed by atoms with Gasteiger partial charge in [-0.05, 0) is 43.2 Å². The molecule has 32 heavy (non-hydrogen) atoms. The van der Waals surface area contributed by atoms with E-state index >= 15 is 0 Å². The number of fused-ring (bicyclic) bond motifs is 2. The second kappa shape index (κ2) is 7.73. The topological polar surface area (TPSA) is 137 Å². The van der Waals surface area contributed by atoms with E-state index in [9.17, 15) is 29.3 Å². The van der Waals surface area contributed by atoms with Crippen molar-refractivity contribution in [2.75, 3.05) is 6.54 Å². The van der Waals surface area contributed by atoms with Crippen LogP contribution in [0, 0.1) is 24.0 Å². The largest absolute Gasteiger partial charge is 0.459 e. The molecule has 0 aliphatic carbocycles. The number of nitro groups is 1. The van der Waals surface area contributed by atoms with Gasteiger partial charge in [0.2, 0.25) is 0 Å². The van der Waals surface area contributed by atoms with Crippen LogP contribution in [0.25, 0.3) is 11.0 Å². The van der Waals surface area contributed by atoms with Crippen LogP contribution < -0.4 is 5.63 Å². The van der Waals surface area contributed by atoms with Crippen molar-refractivity contribution in [2.24, 2.45) is 0 Å². The van der Waals surface area contributed by atoms with Crippen molar-refractivity contribution < 1.29 is 28.5 Å². The Kier molecular flexibility index (Phi) is 5.05. The monoisotopic (exact) mass is 436 g/mol. The highest BCUT2D eigenvalue weighted by atomic mass is 16.6. The second-order valence-corrected chi connectivity index (χ2v) is 7.34. The predicted molar refractivity (Wildman–Crippen MR) is 110 cm³/mol. The molecule has 0 N–H and O–H groups in total. The maximum atomic E-state index is 12.6. The van der Waals surface area contributed by atoms with E-state index in [-0.39, 0.29) is 17.7 Å². The maximum absolute atomic E-state index is 12.6. The molecule has 1 aliphatic heterocycles. The molecule has 2 amide bonds. The quantitative estimate of drug-likeness (QED) is 0.196. The highest BCUT2D eigenvalue weighted by molar-refractivity contribution is 6.24. The first-order valence-electron chi connectivity index (χ1n) is 9.50. The highest BCUT2D eigenvalue weighted by Gasteiger charge is 2.41. The van der Waals surface area contributed by atoms with Gasteiger partial charge in [0.1, 0.15) is 24.3 Å². The highest BCUT2D eigenvalue weighted by Crippen LogP contribution is 2.30. The Bertz CT molecular complexity index is 1390. The Balaban J connectivity index is 1.53. The van der Waals surface area contributed by atoms with Crippen molar-refractivity contribution in [3.05, 3.63) is 84.7 Å². The summed E-state index contributed by atoms with van der Waals surface area (Å²) in [4.78, 5) is 60.3. The molecule has 0 atom stereocenters. The summed E-state index contributed by atoms with van der Waals surface area (Å²) in [7, 11) is 0. The molecule has 1 aliphatic rings. The van der Waals surface area contributed by atoms with E-state index in [4.69, 9.17) is 9.15 Å². The molecule has 10 nitrogen and oxygen atoms in total. The summed E-state index contributed by atoms with van der Waals surface area (Å²) in [5.74, 6) is -2.67. The molecule has 0 fully saturated rings. The minimum Gasteiger partial charge on any atom is -0.459 e. The van der Waals surface area contributed by atoms with Gasteiger partial charge in [-0.25, -0.2) is 4.79 Å². The Morgan fingerprint density at radius 3 is 2.53 bits per heavy atom. The molecule has 0 bridgehead atoms. The summed E-state index contributed by atoms with van der Waals surface area (Å²) in [5.41, 5.74) is 1.01. The lowest BCUT2D eigenvalue weighted by Crippen LogP contribution is -2.35. The average Bonchev–Trinajstić information content (AvgIpc) is 2.98. The molecule has 4 rings (SSSR count). The van der Waals surface area contributed by atoms with Crippen LogP contribution in [0.1, 0.15) is 37.4 Å². The maximum Gasteiger partial charge on any atom is 0.336 e. The van der Waals surface area contributed by atoms with Crippen LogP contribution in [0.5, 0.6) is 0 Å². The minimum absolute atomic E-state index is 0.144. The third kappa shape index (κ3) is 3.51. The number of nitrogens with zero attached hydrogens (tertiary/aromatic N) is 2. The van der Waals surface area contributed by atoms with Gasteiger partial charge in [0.15, 0.2) is 0 Å². The van der Waals surface area contributed by atoms with E-state index in [0.717, 1.165) is 17.2 Å². The van der Waals surface area contributed by atoms with Crippen molar-refractivity contribution >= 4 is 34.4 Å². The number of carbonyl (C=O) groups excluding carboxylic acids is 3. The first-order valence-corrected chi connectivity index (χ1v) is 9.50. The summed E-state index contributed by atoms with van der Waals surface area (Å²) in [6.45, 7) is 2.75. The first kappa shape index (κ1) is 20.9. The molecule has 2 heterocycles. The normalized spacial score (nSPS) is 12.9. The first-order chi connectivity index (χ1) is 15.2.